The topological polar surface area (TPSA) is 63.4 Å². The normalized spacial score (nSPS) is 10.6. The number of hydrogen-bond donors (Lipinski definition) is 1. The number of rotatable bonds is 1. The van der Waals surface area contributed by atoms with E-state index in [1.807, 2.05) is 0 Å². The SMILES string of the molecule is O=[N+]([O-])c1c(Br)sc2ccc(O)cc12. The van der Waals surface area contributed by atoms with Gasteiger partial charge < -0.3 is 5.11 Å². The summed E-state index contributed by atoms with van der Waals surface area (Å²) in [6, 6.07) is 4.57. The smallest absolute Gasteiger partial charge is 0.302 e. The van der Waals surface area contributed by atoms with Crippen LogP contribution in [0.1, 0.15) is 0 Å². The van der Waals surface area contributed by atoms with Gasteiger partial charge in [-0.15, -0.1) is 11.3 Å². The predicted molar refractivity (Wildman–Crippen MR) is 57.8 cm³/mol. The number of benzene rings is 1. The molecule has 2 aromatic rings. The molecule has 0 bridgehead atoms. The highest BCUT2D eigenvalue weighted by Gasteiger charge is 2.20. The number of thiophene rings is 1. The summed E-state index contributed by atoms with van der Waals surface area (Å²) in [5, 5.41) is 20.4. The molecule has 14 heavy (non-hydrogen) atoms. The highest BCUT2D eigenvalue weighted by atomic mass is 79.9. The third-order valence-electron chi connectivity index (χ3n) is 1.79. The van der Waals surface area contributed by atoms with Crippen LogP contribution in [0.4, 0.5) is 5.69 Å². The zero-order valence-electron chi connectivity index (χ0n) is 6.73. The molecule has 1 aromatic heterocycles. The van der Waals surface area contributed by atoms with Crippen LogP contribution in [-0.4, -0.2) is 10.0 Å². The van der Waals surface area contributed by atoms with Crippen LogP contribution in [0.3, 0.4) is 0 Å². The first-order chi connectivity index (χ1) is 6.59. The van der Waals surface area contributed by atoms with Gasteiger partial charge in [-0.25, -0.2) is 0 Å². The largest absolute Gasteiger partial charge is 0.508 e. The quantitative estimate of drug-likeness (QED) is 0.641. The minimum absolute atomic E-state index is 0.0147. The van der Waals surface area contributed by atoms with Crippen molar-refractivity contribution in [2.75, 3.05) is 0 Å². The Balaban J connectivity index is 2.86. The third kappa shape index (κ3) is 1.36. The lowest BCUT2D eigenvalue weighted by Crippen LogP contribution is -1.85. The summed E-state index contributed by atoms with van der Waals surface area (Å²) in [5.41, 5.74) is 0.0147. The summed E-state index contributed by atoms with van der Waals surface area (Å²) in [4.78, 5) is 10.3. The number of fused-ring (bicyclic) bond motifs is 1. The van der Waals surface area contributed by atoms with Crippen molar-refractivity contribution in [3.63, 3.8) is 0 Å². The van der Waals surface area contributed by atoms with Crippen molar-refractivity contribution in [1.82, 2.24) is 0 Å². The van der Waals surface area contributed by atoms with E-state index in [1.54, 1.807) is 6.07 Å². The van der Waals surface area contributed by atoms with E-state index in [-0.39, 0.29) is 11.4 Å². The lowest BCUT2D eigenvalue weighted by atomic mass is 10.2. The minimum Gasteiger partial charge on any atom is -0.508 e. The van der Waals surface area contributed by atoms with Crippen LogP contribution in [0, 0.1) is 10.1 Å². The van der Waals surface area contributed by atoms with Gasteiger partial charge in [0.25, 0.3) is 0 Å². The van der Waals surface area contributed by atoms with Gasteiger partial charge in [-0.2, -0.15) is 0 Å². The average molecular weight is 274 g/mol. The van der Waals surface area contributed by atoms with Gasteiger partial charge in [0, 0.05) is 4.70 Å². The second kappa shape index (κ2) is 3.21. The molecular formula is C8H4BrNO3S. The van der Waals surface area contributed by atoms with E-state index in [9.17, 15) is 15.2 Å². The van der Waals surface area contributed by atoms with E-state index in [1.165, 1.54) is 23.5 Å². The molecule has 0 amide bonds. The number of phenols is 1. The van der Waals surface area contributed by atoms with Crippen molar-refractivity contribution >= 4 is 43.0 Å². The number of aromatic hydroxyl groups is 1. The molecule has 0 unspecified atom stereocenters. The van der Waals surface area contributed by atoms with E-state index in [4.69, 9.17) is 0 Å². The van der Waals surface area contributed by atoms with E-state index >= 15 is 0 Å². The Bertz CT molecular complexity index is 523. The Labute approximate surface area is 91.1 Å². The van der Waals surface area contributed by atoms with Crippen molar-refractivity contribution in [3.8, 4) is 5.75 Å². The van der Waals surface area contributed by atoms with Gasteiger partial charge in [0.1, 0.15) is 9.54 Å². The predicted octanol–water partition coefficient (Wildman–Crippen LogP) is 3.28. The molecule has 0 radical (unpaired) electrons. The van der Waals surface area contributed by atoms with Crippen molar-refractivity contribution < 1.29 is 10.0 Å². The highest BCUT2D eigenvalue weighted by Crippen LogP contribution is 2.42. The molecule has 0 aliphatic carbocycles. The molecule has 0 aliphatic heterocycles. The number of halogens is 1. The van der Waals surface area contributed by atoms with Crippen LogP contribution in [0.15, 0.2) is 22.0 Å². The highest BCUT2D eigenvalue weighted by molar-refractivity contribution is 9.11. The fourth-order valence-corrected chi connectivity index (χ4v) is 2.97. The van der Waals surface area contributed by atoms with Crippen LogP contribution >= 0.6 is 27.3 Å². The fraction of sp³-hybridized carbons (Fsp3) is 0. The Morgan fingerprint density at radius 1 is 1.50 bits per heavy atom. The van der Waals surface area contributed by atoms with Gasteiger partial charge in [0.2, 0.25) is 0 Å². The first-order valence-electron chi connectivity index (χ1n) is 3.65. The van der Waals surface area contributed by atoms with Crippen molar-refractivity contribution in [2.24, 2.45) is 0 Å². The summed E-state index contributed by atoms with van der Waals surface area (Å²) >= 11 is 4.41. The number of phenolic OH excluding ortho intramolecular Hbond substituents is 1. The minimum atomic E-state index is -0.456. The Morgan fingerprint density at radius 3 is 2.86 bits per heavy atom. The zero-order chi connectivity index (χ0) is 10.3. The van der Waals surface area contributed by atoms with Crippen molar-refractivity contribution in [1.29, 1.82) is 0 Å². The summed E-state index contributed by atoms with van der Waals surface area (Å²) in [5.74, 6) is 0.0332. The van der Waals surface area contributed by atoms with Crippen molar-refractivity contribution in [3.05, 3.63) is 32.1 Å². The van der Waals surface area contributed by atoms with Crippen LogP contribution in [0.2, 0.25) is 0 Å². The van der Waals surface area contributed by atoms with E-state index in [2.05, 4.69) is 15.9 Å². The van der Waals surface area contributed by atoms with Gasteiger partial charge >= 0.3 is 5.69 Å². The maximum atomic E-state index is 10.7. The standard InChI is InChI=1S/C8H4BrNO3S/c9-8-7(10(12)13)5-3-4(11)1-2-6(5)14-8/h1-3,11H. The maximum Gasteiger partial charge on any atom is 0.302 e. The molecule has 0 aliphatic rings. The first kappa shape index (κ1) is 9.42. The molecule has 0 atom stereocenters. The van der Waals surface area contributed by atoms with Gasteiger partial charge in [0.15, 0.2) is 0 Å². The monoisotopic (exact) mass is 273 g/mol. The molecule has 0 saturated carbocycles. The van der Waals surface area contributed by atoms with Gasteiger partial charge in [-0.3, -0.25) is 10.1 Å². The van der Waals surface area contributed by atoms with E-state index in [0.717, 1.165) is 4.70 Å². The second-order valence-corrected chi connectivity index (χ2v) is 5.03. The summed E-state index contributed by atoms with van der Waals surface area (Å²) < 4.78 is 1.25. The third-order valence-corrected chi connectivity index (χ3v) is 3.60. The molecular weight excluding hydrogens is 270 g/mol. The molecule has 0 spiro atoms. The molecule has 1 heterocycles. The molecule has 1 aromatic carbocycles. The van der Waals surface area contributed by atoms with Crippen LogP contribution in [-0.2, 0) is 0 Å². The molecule has 0 fully saturated rings. The Kier molecular flexibility index (Phi) is 2.16. The number of nitro groups is 1. The maximum absolute atomic E-state index is 10.7. The van der Waals surface area contributed by atoms with E-state index in [0.29, 0.717) is 9.17 Å². The summed E-state index contributed by atoms with van der Waals surface area (Å²) in [7, 11) is 0. The molecule has 6 heteroatoms. The van der Waals surface area contributed by atoms with E-state index < -0.39 is 4.92 Å². The zero-order valence-corrected chi connectivity index (χ0v) is 9.13. The second-order valence-electron chi connectivity index (χ2n) is 2.66. The van der Waals surface area contributed by atoms with Crippen LogP contribution in [0.5, 0.6) is 5.75 Å². The molecule has 1 N–H and O–H groups in total. The van der Waals surface area contributed by atoms with Crippen LogP contribution in [0.25, 0.3) is 10.1 Å². The molecule has 72 valence electrons. The Hall–Kier alpha value is -1.14. The number of hydrogen-bond acceptors (Lipinski definition) is 4. The molecule has 4 nitrogen and oxygen atoms in total. The fourth-order valence-electron chi connectivity index (χ4n) is 1.21. The number of nitrogens with zero attached hydrogens (tertiary/aromatic N) is 1. The molecule has 0 saturated heterocycles. The lowest BCUT2D eigenvalue weighted by Gasteiger charge is -1.91. The summed E-state index contributed by atoms with van der Waals surface area (Å²) in [6.07, 6.45) is 0. The van der Waals surface area contributed by atoms with Gasteiger partial charge in [0.05, 0.1) is 10.3 Å². The average Bonchev–Trinajstić information content (AvgIpc) is 2.40. The lowest BCUT2D eigenvalue weighted by molar-refractivity contribution is -0.383. The Morgan fingerprint density at radius 2 is 2.21 bits per heavy atom. The first-order valence-corrected chi connectivity index (χ1v) is 5.26. The van der Waals surface area contributed by atoms with Crippen LogP contribution < -0.4 is 0 Å². The van der Waals surface area contributed by atoms with Gasteiger partial charge in [-0.05, 0) is 34.1 Å². The van der Waals surface area contributed by atoms with Gasteiger partial charge in [-0.1, -0.05) is 0 Å². The molecule has 2 rings (SSSR count). The van der Waals surface area contributed by atoms with Crippen molar-refractivity contribution in [2.45, 2.75) is 0 Å². The summed E-state index contributed by atoms with van der Waals surface area (Å²) in [6.45, 7) is 0.